The van der Waals surface area contributed by atoms with Crippen LogP contribution in [0, 0.1) is 17.8 Å². The number of rotatable bonds is 24. The van der Waals surface area contributed by atoms with Crippen LogP contribution in [0.3, 0.4) is 0 Å². The van der Waals surface area contributed by atoms with E-state index in [0.29, 0.717) is 19.5 Å². The van der Waals surface area contributed by atoms with Gasteiger partial charge in [0.15, 0.2) is 0 Å². The van der Waals surface area contributed by atoms with Crippen molar-refractivity contribution in [3.05, 3.63) is 47.5 Å². The molecule has 1 aromatic rings. The molecule has 5 rings (SSSR count). The quantitative estimate of drug-likeness (QED) is 0.0638. The van der Waals surface area contributed by atoms with Gasteiger partial charge in [0.2, 0.25) is 23.6 Å². The summed E-state index contributed by atoms with van der Waals surface area (Å²) in [5.74, 6) is 1.77. The van der Waals surface area contributed by atoms with Crippen molar-refractivity contribution in [1.82, 2.24) is 20.4 Å². The lowest BCUT2D eigenvalue weighted by molar-refractivity contribution is -0.149. The smallest absolute Gasteiger partial charge is 0.232 e. The first-order chi connectivity index (χ1) is 25.5. The molecule has 0 atom stereocenters. The normalized spacial score (nSPS) is 21.6. The van der Waals surface area contributed by atoms with Crippen molar-refractivity contribution in [2.24, 2.45) is 17.8 Å². The first-order valence-corrected chi connectivity index (χ1v) is 21.3. The Morgan fingerprint density at radius 2 is 1.15 bits per heavy atom. The van der Waals surface area contributed by atoms with Crippen molar-refractivity contribution in [2.75, 3.05) is 27.2 Å². The Labute approximate surface area is 321 Å². The summed E-state index contributed by atoms with van der Waals surface area (Å²) in [6.45, 7) is 11.4. The molecule has 0 saturated heterocycles. The molecule has 0 radical (unpaired) electrons. The van der Waals surface area contributed by atoms with E-state index in [-0.39, 0.29) is 47.5 Å². The van der Waals surface area contributed by atoms with Gasteiger partial charge in [-0.2, -0.15) is 0 Å². The number of amides is 4. The van der Waals surface area contributed by atoms with Gasteiger partial charge in [0, 0.05) is 38.3 Å². The molecule has 0 spiro atoms. The molecule has 296 valence electrons. The fourth-order valence-corrected chi connectivity index (χ4v) is 10.3. The first kappa shape index (κ1) is 42.6. The van der Waals surface area contributed by atoms with Crippen molar-refractivity contribution >= 4 is 23.6 Å². The van der Waals surface area contributed by atoms with E-state index < -0.39 is 0 Å². The second kappa shape index (κ2) is 20.5. The molecule has 53 heavy (non-hydrogen) atoms. The minimum absolute atomic E-state index is 0.00667. The van der Waals surface area contributed by atoms with Gasteiger partial charge in [-0.15, -0.1) is 6.58 Å². The SMILES string of the molecule is C=CCC(CC)(CC)N(C)C(=O)CC(=O)NCCCCc1cc(CCCCC)cc(CCCCNC(=O)CC(=O)N(C)C23CC4CC(CC(C4)C2)C3)c1. The Hall–Kier alpha value is -3.16. The summed E-state index contributed by atoms with van der Waals surface area (Å²) in [6, 6.07) is 7.03. The van der Waals surface area contributed by atoms with E-state index in [4.69, 9.17) is 0 Å². The number of benzene rings is 1. The Morgan fingerprint density at radius 3 is 1.57 bits per heavy atom. The molecular formula is C45H72N4O4. The van der Waals surface area contributed by atoms with Crippen molar-refractivity contribution in [1.29, 1.82) is 0 Å². The number of nitrogens with zero attached hydrogens (tertiary/aromatic N) is 2. The van der Waals surface area contributed by atoms with Crippen LogP contribution in [-0.2, 0) is 38.4 Å². The van der Waals surface area contributed by atoms with E-state index in [9.17, 15) is 19.2 Å². The lowest BCUT2D eigenvalue weighted by Crippen LogP contribution is -2.60. The number of carbonyl (C=O) groups excluding carboxylic acids is 4. The average molecular weight is 733 g/mol. The zero-order valence-corrected chi connectivity index (χ0v) is 34.0. The van der Waals surface area contributed by atoms with Gasteiger partial charge in [0.25, 0.3) is 0 Å². The lowest BCUT2D eigenvalue weighted by atomic mass is 9.52. The third-order valence-electron chi connectivity index (χ3n) is 13.3. The first-order valence-electron chi connectivity index (χ1n) is 21.3. The van der Waals surface area contributed by atoms with E-state index >= 15 is 0 Å². The summed E-state index contributed by atoms with van der Waals surface area (Å²) in [4.78, 5) is 55.2. The van der Waals surface area contributed by atoms with Crippen LogP contribution in [0.5, 0.6) is 0 Å². The Kier molecular flexibility index (Phi) is 16.5. The van der Waals surface area contributed by atoms with Gasteiger partial charge in [-0.1, -0.05) is 57.9 Å². The third-order valence-corrected chi connectivity index (χ3v) is 13.3. The molecule has 4 aliphatic rings. The number of carbonyl (C=O) groups is 4. The lowest BCUT2D eigenvalue weighted by Gasteiger charge is -2.59. The van der Waals surface area contributed by atoms with Gasteiger partial charge in [-0.3, -0.25) is 19.2 Å². The number of hydrogen-bond donors (Lipinski definition) is 2. The van der Waals surface area contributed by atoms with E-state index in [0.717, 1.165) is 94.8 Å². The van der Waals surface area contributed by atoms with E-state index in [1.54, 1.807) is 11.9 Å². The maximum Gasteiger partial charge on any atom is 0.232 e. The van der Waals surface area contributed by atoms with Crippen LogP contribution >= 0.6 is 0 Å². The molecule has 4 saturated carbocycles. The van der Waals surface area contributed by atoms with Gasteiger partial charge >= 0.3 is 0 Å². The van der Waals surface area contributed by atoms with E-state index in [2.05, 4.69) is 56.2 Å². The summed E-state index contributed by atoms with van der Waals surface area (Å²) < 4.78 is 0. The van der Waals surface area contributed by atoms with Gasteiger partial charge in [0.1, 0.15) is 12.8 Å². The Bertz CT molecular complexity index is 1350. The minimum atomic E-state index is -0.287. The molecule has 2 N–H and O–H groups in total. The third kappa shape index (κ3) is 11.9. The van der Waals surface area contributed by atoms with E-state index in [1.807, 2.05) is 18.0 Å². The highest BCUT2D eigenvalue weighted by Gasteiger charge is 2.53. The second-order valence-electron chi connectivity index (χ2n) is 17.1. The number of nitrogens with one attached hydrogen (secondary N) is 2. The Morgan fingerprint density at radius 1 is 0.717 bits per heavy atom. The van der Waals surface area contributed by atoms with Gasteiger partial charge in [-0.25, -0.2) is 0 Å². The summed E-state index contributed by atoms with van der Waals surface area (Å²) >= 11 is 0. The molecule has 4 bridgehead atoms. The van der Waals surface area contributed by atoms with Crippen LogP contribution in [0.15, 0.2) is 30.9 Å². The fraction of sp³-hybridized carbons (Fsp3) is 0.733. The molecule has 8 nitrogen and oxygen atoms in total. The van der Waals surface area contributed by atoms with Crippen molar-refractivity contribution < 1.29 is 19.2 Å². The van der Waals surface area contributed by atoms with Crippen LogP contribution in [0.25, 0.3) is 0 Å². The van der Waals surface area contributed by atoms with Crippen LogP contribution in [0.1, 0.15) is 153 Å². The van der Waals surface area contributed by atoms with Crippen LogP contribution in [0.2, 0.25) is 0 Å². The molecule has 4 aliphatic carbocycles. The topological polar surface area (TPSA) is 98.8 Å². The van der Waals surface area contributed by atoms with Gasteiger partial charge in [0.05, 0.1) is 0 Å². The van der Waals surface area contributed by atoms with Crippen LogP contribution in [-0.4, -0.2) is 71.7 Å². The van der Waals surface area contributed by atoms with Crippen molar-refractivity contribution in [3.8, 4) is 0 Å². The second-order valence-corrected chi connectivity index (χ2v) is 17.1. The number of unbranched alkanes of at least 4 members (excludes halogenated alkanes) is 4. The van der Waals surface area contributed by atoms with Gasteiger partial charge < -0.3 is 20.4 Å². The highest BCUT2D eigenvalue weighted by molar-refractivity contribution is 5.97. The molecule has 4 amide bonds. The highest BCUT2D eigenvalue weighted by atomic mass is 16.2. The van der Waals surface area contributed by atoms with E-state index in [1.165, 1.54) is 55.2 Å². The predicted octanol–water partition coefficient (Wildman–Crippen LogP) is 8.10. The zero-order chi connectivity index (χ0) is 38.4. The van der Waals surface area contributed by atoms with Crippen molar-refractivity contribution in [2.45, 2.75) is 167 Å². The Balaban J connectivity index is 1.16. The summed E-state index contributed by atoms with van der Waals surface area (Å²) in [5, 5.41) is 5.99. The summed E-state index contributed by atoms with van der Waals surface area (Å²) in [6.07, 6.45) is 21.7. The standard InChI is InChI=1S/C45H72N4O4/c1-7-11-12-17-34-23-35(18-13-15-21-46-40(50)29-42(52)48(5)44(9-3,10-4)20-8-2)25-36(24-34)19-14-16-22-47-41(51)30-43(53)49(6)45-31-37-26-38(32-45)28-39(27-37)33-45/h8,23-25,37-39H,2,7,9-22,26-33H2,1,3-6H3,(H,46,50)(H,47,51). The fourth-order valence-electron chi connectivity index (χ4n) is 10.3. The number of aryl methyl sites for hydroxylation is 3. The molecule has 0 aromatic heterocycles. The van der Waals surface area contributed by atoms with Crippen LogP contribution < -0.4 is 10.6 Å². The summed E-state index contributed by atoms with van der Waals surface area (Å²) in [5.41, 5.74) is 3.78. The maximum atomic E-state index is 13.2. The molecular weight excluding hydrogens is 661 g/mol. The largest absolute Gasteiger partial charge is 0.356 e. The molecule has 8 heteroatoms. The molecule has 0 aliphatic heterocycles. The van der Waals surface area contributed by atoms with Crippen molar-refractivity contribution in [3.63, 3.8) is 0 Å². The predicted molar refractivity (Wildman–Crippen MR) is 215 cm³/mol. The van der Waals surface area contributed by atoms with Crippen LogP contribution in [0.4, 0.5) is 0 Å². The highest BCUT2D eigenvalue weighted by Crippen LogP contribution is 2.57. The average Bonchev–Trinajstić information content (AvgIpc) is 3.12. The summed E-state index contributed by atoms with van der Waals surface area (Å²) in [7, 11) is 3.76. The maximum absolute atomic E-state index is 13.2. The minimum Gasteiger partial charge on any atom is -0.356 e. The molecule has 0 heterocycles. The number of hydrogen-bond acceptors (Lipinski definition) is 4. The zero-order valence-electron chi connectivity index (χ0n) is 34.0. The monoisotopic (exact) mass is 733 g/mol. The molecule has 0 unspecified atom stereocenters. The molecule has 1 aromatic carbocycles. The van der Waals surface area contributed by atoms with Gasteiger partial charge in [-0.05, 0) is 144 Å². The molecule has 4 fully saturated rings.